The van der Waals surface area contributed by atoms with E-state index < -0.39 is 5.82 Å². The lowest BCUT2D eigenvalue weighted by atomic mass is 10.1. The minimum atomic E-state index is -0.529. The molecule has 19 heavy (non-hydrogen) atoms. The van der Waals surface area contributed by atoms with Crippen LogP contribution in [0, 0.1) is 12.7 Å². The number of amides is 1. The van der Waals surface area contributed by atoms with Gasteiger partial charge in [-0.3, -0.25) is 4.79 Å². The second-order valence-corrected chi connectivity index (χ2v) is 5.15. The molecular formula is C15H13BrFNO. The molecule has 0 aliphatic heterocycles. The summed E-state index contributed by atoms with van der Waals surface area (Å²) in [5.74, 6) is -0.908. The van der Waals surface area contributed by atoms with Crippen molar-refractivity contribution in [3.8, 4) is 0 Å². The summed E-state index contributed by atoms with van der Waals surface area (Å²) in [7, 11) is 1.63. The van der Waals surface area contributed by atoms with Crippen molar-refractivity contribution in [3.63, 3.8) is 0 Å². The molecule has 0 N–H and O–H groups in total. The van der Waals surface area contributed by atoms with Crippen LogP contribution in [-0.4, -0.2) is 13.0 Å². The van der Waals surface area contributed by atoms with Crippen LogP contribution in [0.1, 0.15) is 15.9 Å². The topological polar surface area (TPSA) is 20.3 Å². The van der Waals surface area contributed by atoms with Crippen LogP contribution in [0.5, 0.6) is 0 Å². The van der Waals surface area contributed by atoms with Crippen LogP contribution < -0.4 is 4.90 Å². The standard InChI is InChI=1S/C15H13BrFNO/c1-10-5-3-6-11(9-10)18(2)15(19)14-12(16)7-4-8-13(14)17/h3-9H,1-2H3. The monoisotopic (exact) mass is 321 g/mol. The highest BCUT2D eigenvalue weighted by Gasteiger charge is 2.20. The fourth-order valence-electron chi connectivity index (χ4n) is 1.82. The lowest BCUT2D eigenvalue weighted by Gasteiger charge is -2.19. The summed E-state index contributed by atoms with van der Waals surface area (Å²) in [6.07, 6.45) is 0. The Morgan fingerprint density at radius 2 is 1.89 bits per heavy atom. The molecule has 0 saturated heterocycles. The highest BCUT2D eigenvalue weighted by Crippen LogP contribution is 2.24. The van der Waals surface area contributed by atoms with Crippen molar-refractivity contribution in [2.75, 3.05) is 11.9 Å². The molecule has 2 rings (SSSR count). The fraction of sp³-hybridized carbons (Fsp3) is 0.133. The van der Waals surface area contributed by atoms with Gasteiger partial charge in [-0.05, 0) is 52.7 Å². The van der Waals surface area contributed by atoms with Gasteiger partial charge in [0.1, 0.15) is 5.82 Å². The number of carbonyl (C=O) groups excluding carboxylic acids is 1. The van der Waals surface area contributed by atoms with Crippen molar-refractivity contribution in [2.24, 2.45) is 0 Å². The Morgan fingerprint density at radius 3 is 2.53 bits per heavy atom. The molecule has 0 spiro atoms. The molecule has 0 bridgehead atoms. The number of anilines is 1. The molecule has 0 unspecified atom stereocenters. The molecule has 0 radical (unpaired) electrons. The van der Waals surface area contributed by atoms with E-state index in [1.807, 2.05) is 31.2 Å². The molecule has 2 aromatic carbocycles. The highest BCUT2D eigenvalue weighted by molar-refractivity contribution is 9.10. The predicted octanol–water partition coefficient (Wildman–Crippen LogP) is 4.17. The van der Waals surface area contributed by atoms with Gasteiger partial charge in [0, 0.05) is 17.2 Å². The molecule has 0 heterocycles. The van der Waals surface area contributed by atoms with Crippen LogP contribution in [0.4, 0.5) is 10.1 Å². The van der Waals surface area contributed by atoms with Gasteiger partial charge in [-0.15, -0.1) is 0 Å². The molecule has 0 saturated carbocycles. The van der Waals surface area contributed by atoms with E-state index >= 15 is 0 Å². The van der Waals surface area contributed by atoms with E-state index in [2.05, 4.69) is 15.9 Å². The number of benzene rings is 2. The average Bonchev–Trinajstić information content (AvgIpc) is 2.37. The maximum atomic E-state index is 13.8. The predicted molar refractivity (Wildman–Crippen MR) is 78.0 cm³/mol. The van der Waals surface area contributed by atoms with Gasteiger partial charge in [-0.25, -0.2) is 4.39 Å². The van der Waals surface area contributed by atoms with Crippen LogP contribution in [0.2, 0.25) is 0 Å². The molecule has 0 atom stereocenters. The second-order valence-electron chi connectivity index (χ2n) is 4.30. The first-order valence-corrected chi connectivity index (χ1v) is 6.58. The first-order chi connectivity index (χ1) is 9.00. The molecule has 2 nitrogen and oxygen atoms in total. The summed E-state index contributed by atoms with van der Waals surface area (Å²) in [6, 6.07) is 12.0. The summed E-state index contributed by atoms with van der Waals surface area (Å²) >= 11 is 3.22. The molecule has 0 aliphatic rings. The third kappa shape index (κ3) is 2.84. The third-order valence-corrected chi connectivity index (χ3v) is 3.53. The van der Waals surface area contributed by atoms with Gasteiger partial charge >= 0.3 is 0 Å². The van der Waals surface area contributed by atoms with Crippen LogP contribution >= 0.6 is 15.9 Å². The summed E-state index contributed by atoms with van der Waals surface area (Å²) in [5, 5.41) is 0. The Balaban J connectivity index is 2.39. The zero-order valence-electron chi connectivity index (χ0n) is 10.7. The zero-order chi connectivity index (χ0) is 14.0. The molecule has 0 aliphatic carbocycles. The number of hydrogen-bond acceptors (Lipinski definition) is 1. The van der Waals surface area contributed by atoms with E-state index in [1.54, 1.807) is 19.2 Å². The Kier molecular flexibility index (Phi) is 4.00. The van der Waals surface area contributed by atoms with Crippen LogP contribution in [0.3, 0.4) is 0 Å². The van der Waals surface area contributed by atoms with Crippen LogP contribution in [-0.2, 0) is 0 Å². The van der Waals surface area contributed by atoms with Gasteiger partial charge in [-0.2, -0.15) is 0 Å². The number of nitrogens with zero attached hydrogens (tertiary/aromatic N) is 1. The van der Waals surface area contributed by atoms with Gasteiger partial charge < -0.3 is 4.90 Å². The van der Waals surface area contributed by atoms with E-state index in [9.17, 15) is 9.18 Å². The molecule has 98 valence electrons. The van der Waals surface area contributed by atoms with Crippen molar-refractivity contribution in [3.05, 3.63) is 63.9 Å². The molecule has 0 fully saturated rings. The van der Waals surface area contributed by atoms with Crippen molar-refractivity contribution in [1.29, 1.82) is 0 Å². The summed E-state index contributed by atoms with van der Waals surface area (Å²) in [6.45, 7) is 1.95. The lowest BCUT2D eigenvalue weighted by Crippen LogP contribution is -2.27. The van der Waals surface area contributed by atoms with E-state index in [0.29, 0.717) is 4.47 Å². The number of rotatable bonds is 2. The largest absolute Gasteiger partial charge is 0.311 e. The summed E-state index contributed by atoms with van der Waals surface area (Å²) in [5.41, 5.74) is 1.83. The summed E-state index contributed by atoms with van der Waals surface area (Å²) in [4.78, 5) is 13.8. The van der Waals surface area contributed by atoms with Crippen molar-refractivity contribution in [1.82, 2.24) is 0 Å². The smallest absolute Gasteiger partial charge is 0.262 e. The van der Waals surface area contributed by atoms with Gasteiger partial charge in [-0.1, -0.05) is 18.2 Å². The normalized spacial score (nSPS) is 10.3. The van der Waals surface area contributed by atoms with Crippen LogP contribution in [0.15, 0.2) is 46.9 Å². The maximum absolute atomic E-state index is 13.8. The fourth-order valence-corrected chi connectivity index (χ4v) is 2.34. The highest BCUT2D eigenvalue weighted by atomic mass is 79.9. The second kappa shape index (κ2) is 5.53. The lowest BCUT2D eigenvalue weighted by molar-refractivity contribution is 0.0988. The van der Waals surface area contributed by atoms with Gasteiger partial charge in [0.25, 0.3) is 5.91 Å². The Morgan fingerprint density at radius 1 is 1.21 bits per heavy atom. The summed E-state index contributed by atoms with van der Waals surface area (Å²) < 4.78 is 14.2. The number of hydrogen-bond donors (Lipinski definition) is 0. The maximum Gasteiger partial charge on any atom is 0.262 e. The van der Waals surface area contributed by atoms with Gasteiger partial charge in [0.2, 0.25) is 0 Å². The Hall–Kier alpha value is -1.68. The van der Waals surface area contributed by atoms with Crippen molar-refractivity contribution >= 4 is 27.5 Å². The molecule has 2 aromatic rings. The van der Waals surface area contributed by atoms with E-state index in [-0.39, 0.29) is 11.5 Å². The van der Waals surface area contributed by atoms with E-state index in [1.165, 1.54) is 11.0 Å². The van der Waals surface area contributed by atoms with Crippen molar-refractivity contribution in [2.45, 2.75) is 6.92 Å². The number of halogens is 2. The van der Waals surface area contributed by atoms with Gasteiger partial charge in [0.15, 0.2) is 0 Å². The molecule has 1 amide bonds. The first-order valence-electron chi connectivity index (χ1n) is 5.79. The number of aryl methyl sites for hydroxylation is 1. The molecule has 4 heteroatoms. The Bertz CT molecular complexity index is 607. The third-order valence-electron chi connectivity index (χ3n) is 2.87. The SMILES string of the molecule is Cc1cccc(N(C)C(=O)c2c(F)cccc2Br)c1. The average molecular weight is 322 g/mol. The minimum Gasteiger partial charge on any atom is -0.311 e. The Labute approximate surface area is 120 Å². The van der Waals surface area contributed by atoms with Crippen molar-refractivity contribution < 1.29 is 9.18 Å². The van der Waals surface area contributed by atoms with Gasteiger partial charge in [0.05, 0.1) is 5.56 Å². The number of carbonyl (C=O) groups is 1. The minimum absolute atomic E-state index is 0.0477. The first kappa shape index (κ1) is 13.7. The molecule has 0 aromatic heterocycles. The quantitative estimate of drug-likeness (QED) is 0.812. The zero-order valence-corrected chi connectivity index (χ0v) is 12.2. The molecular weight excluding hydrogens is 309 g/mol. The van der Waals surface area contributed by atoms with E-state index in [0.717, 1.165) is 11.3 Å². The van der Waals surface area contributed by atoms with E-state index in [4.69, 9.17) is 0 Å². The van der Waals surface area contributed by atoms with Crippen LogP contribution in [0.25, 0.3) is 0 Å².